The first-order valence-electron chi connectivity index (χ1n) is 5.68. The fourth-order valence-electron chi connectivity index (χ4n) is 1.57. The second-order valence-corrected chi connectivity index (χ2v) is 4.30. The van der Waals surface area contributed by atoms with Gasteiger partial charge in [0.05, 0.1) is 11.1 Å². The molecule has 0 aliphatic rings. The van der Waals surface area contributed by atoms with Gasteiger partial charge in [0.1, 0.15) is 6.61 Å². The van der Waals surface area contributed by atoms with Crippen LogP contribution in [0.4, 0.5) is 5.69 Å². The van der Waals surface area contributed by atoms with Gasteiger partial charge in [0.25, 0.3) is 0 Å². The van der Waals surface area contributed by atoms with E-state index in [2.05, 4.69) is 5.10 Å². The molecule has 100 valence electrons. The Morgan fingerprint density at radius 2 is 2.32 bits per heavy atom. The van der Waals surface area contributed by atoms with Gasteiger partial charge >= 0.3 is 5.69 Å². The van der Waals surface area contributed by atoms with Crippen molar-refractivity contribution in [2.24, 2.45) is 0 Å². The summed E-state index contributed by atoms with van der Waals surface area (Å²) in [6.45, 7) is 2.94. The SMILES string of the molecule is CCn1cc(COc2cc(Cl)ccc2[N+](=O)[O-])cn1. The maximum Gasteiger partial charge on any atom is 0.311 e. The molecular formula is C12H12ClN3O3. The van der Waals surface area contributed by atoms with Crippen molar-refractivity contribution in [2.45, 2.75) is 20.1 Å². The molecule has 19 heavy (non-hydrogen) atoms. The van der Waals surface area contributed by atoms with Crippen LogP contribution < -0.4 is 4.74 Å². The lowest BCUT2D eigenvalue weighted by atomic mass is 10.3. The zero-order chi connectivity index (χ0) is 13.8. The van der Waals surface area contributed by atoms with Crippen LogP contribution in [0, 0.1) is 10.1 Å². The van der Waals surface area contributed by atoms with Crippen molar-refractivity contribution in [3.63, 3.8) is 0 Å². The molecule has 6 nitrogen and oxygen atoms in total. The number of benzene rings is 1. The predicted octanol–water partition coefficient (Wildman–Crippen LogP) is 3.04. The van der Waals surface area contributed by atoms with Crippen molar-refractivity contribution in [1.29, 1.82) is 0 Å². The molecular weight excluding hydrogens is 270 g/mol. The molecule has 0 spiro atoms. The van der Waals surface area contributed by atoms with Gasteiger partial charge in [0.15, 0.2) is 5.75 Å². The van der Waals surface area contributed by atoms with Crippen LogP contribution in [0.5, 0.6) is 5.75 Å². The largest absolute Gasteiger partial charge is 0.482 e. The minimum Gasteiger partial charge on any atom is -0.482 e. The fourth-order valence-corrected chi connectivity index (χ4v) is 1.73. The van der Waals surface area contributed by atoms with Crippen molar-refractivity contribution >= 4 is 17.3 Å². The Morgan fingerprint density at radius 1 is 1.53 bits per heavy atom. The Labute approximate surface area is 114 Å². The summed E-state index contributed by atoms with van der Waals surface area (Å²) in [5, 5.41) is 15.4. The van der Waals surface area contributed by atoms with Crippen LogP contribution >= 0.6 is 11.6 Å². The van der Waals surface area contributed by atoms with E-state index < -0.39 is 4.92 Å². The van der Waals surface area contributed by atoms with Crippen LogP contribution in [0.25, 0.3) is 0 Å². The van der Waals surface area contributed by atoms with Crippen molar-refractivity contribution in [1.82, 2.24) is 9.78 Å². The summed E-state index contributed by atoms with van der Waals surface area (Å²) in [6, 6.07) is 4.22. The summed E-state index contributed by atoms with van der Waals surface area (Å²) >= 11 is 5.81. The van der Waals surface area contributed by atoms with Gasteiger partial charge in [0.2, 0.25) is 0 Å². The highest BCUT2D eigenvalue weighted by atomic mass is 35.5. The summed E-state index contributed by atoms with van der Waals surface area (Å²) in [5.74, 6) is 0.154. The number of nitro groups is 1. The van der Waals surface area contributed by atoms with Crippen LogP contribution in [0.15, 0.2) is 30.6 Å². The van der Waals surface area contributed by atoms with Crippen molar-refractivity contribution < 1.29 is 9.66 Å². The second kappa shape index (κ2) is 5.71. The number of nitrogens with zero attached hydrogens (tertiary/aromatic N) is 3. The molecule has 0 N–H and O–H groups in total. The molecule has 2 aromatic rings. The fraction of sp³-hybridized carbons (Fsp3) is 0.250. The maximum atomic E-state index is 10.9. The Morgan fingerprint density at radius 3 is 2.95 bits per heavy atom. The van der Waals surface area contributed by atoms with Gasteiger partial charge in [-0.25, -0.2) is 0 Å². The average molecular weight is 282 g/mol. The number of hydrogen-bond acceptors (Lipinski definition) is 4. The molecule has 7 heteroatoms. The van der Waals surface area contributed by atoms with Gasteiger partial charge in [-0.3, -0.25) is 14.8 Å². The van der Waals surface area contributed by atoms with E-state index in [9.17, 15) is 10.1 Å². The van der Waals surface area contributed by atoms with Gasteiger partial charge in [-0.2, -0.15) is 5.10 Å². The quantitative estimate of drug-likeness (QED) is 0.624. The number of rotatable bonds is 5. The molecule has 0 aliphatic heterocycles. The summed E-state index contributed by atoms with van der Waals surface area (Å²) < 4.78 is 7.20. The lowest BCUT2D eigenvalue weighted by Crippen LogP contribution is -1.98. The van der Waals surface area contributed by atoms with E-state index in [0.717, 1.165) is 12.1 Å². The first-order chi connectivity index (χ1) is 9.10. The van der Waals surface area contributed by atoms with E-state index in [1.807, 2.05) is 13.1 Å². The van der Waals surface area contributed by atoms with Crippen molar-refractivity contribution in [3.05, 3.63) is 51.3 Å². The third-order valence-corrected chi connectivity index (χ3v) is 2.76. The summed E-state index contributed by atoms with van der Waals surface area (Å²) in [5.41, 5.74) is 0.739. The van der Waals surface area contributed by atoms with Crippen LogP contribution in [-0.4, -0.2) is 14.7 Å². The molecule has 1 aromatic heterocycles. The van der Waals surface area contributed by atoms with Crippen LogP contribution in [0.3, 0.4) is 0 Å². The predicted molar refractivity (Wildman–Crippen MR) is 70.3 cm³/mol. The second-order valence-electron chi connectivity index (χ2n) is 3.86. The molecule has 0 saturated heterocycles. The summed E-state index contributed by atoms with van der Waals surface area (Å²) in [4.78, 5) is 10.4. The smallest absolute Gasteiger partial charge is 0.311 e. The molecule has 2 rings (SSSR count). The van der Waals surface area contributed by atoms with Crippen molar-refractivity contribution in [3.8, 4) is 5.75 Å². The molecule has 1 aromatic carbocycles. The molecule has 0 amide bonds. The van der Waals surface area contributed by atoms with E-state index in [-0.39, 0.29) is 18.0 Å². The average Bonchev–Trinajstić information content (AvgIpc) is 2.84. The number of halogens is 1. The normalized spacial score (nSPS) is 10.4. The van der Waals surface area contributed by atoms with Crippen LogP contribution in [0.2, 0.25) is 5.02 Å². The molecule has 0 radical (unpaired) electrons. The molecule has 0 atom stereocenters. The Hall–Kier alpha value is -2.08. The van der Waals surface area contributed by atoms with Crippen molar-refractivity contribution in [2.75, 3.05) is 0 Å². The highest BCUT2D eigenvalue weighted by molar-refractivity contribution is 6.30. The van der Waals surface area contributed by atoms with E-state index in [4.69, 9.17) is 16.3 Å². The zero-order valence-corrected chi connectivity index (χ0v) is 11.0. The number of ether oxygens (including phenoxy) is 1. The van der Waals surface area contributed by atoms with E-state index in [0.29, 0.717) is 5.02 Å². The number of aromatic nitrogens is 2. The van der Waals surface area contributed by atoms with Crippen LogP contribution in [0.1, 0.15) is 12.5 Å². The molecule has 0 unspecified atom stereocenters. The Kier molecular flexibility index (Phi) is 4.01. The van der Waals surface area contributed by atoms with E-state index in [1.54, 1.807) is 10.9 Å². The standard InChI is InChI=1S/C12H12ClN3O3/c1-2-15-7-9(6-14-15)8-19-12-5-10(13)3-4-11(12)16(17)18/h3-7H,2,8H2,1H3. The van der Waals surface area contributed by atoms with Gasteiger partial charge in [-0.1, -0.05) is 11.6 Å². The number of nitro benzene ring substituents is 1. The highest BCUT2D eigenvalue weighted by Gasteiger charge is 2.15. The number of hydrogen-bond donors (Lipinski definition) is 0. The summed E-state index contributed by atoms with van der Waals surface area (Å²) in [6.07, 6.45) is 3.50. The Balaban J connectivity index is 2.14. The first-order valence-corrected chi connectivity index (χ1v) is 6.06. The minimum atomic E-state index is -0.499. The highest BCUT2D eigenvalue weighted by Crippen LogP contribution is 2.30. The topological polar surface area (TPSA) is 70.2 Å². The third kappa shape index (κ3) is 3.23. The third-order valence-electron chi connectivity index (χ3n) is 2.52. The lowest BCUT2D eigenvalue weighted by molar-refractivity contribution is -0.385. The molecule has 0 fully saturated rings. The van der Waals surface area contributed by atoms with Crippen LogP contribution in [-0.2, 0) is 13.2 Å². The van der Waals surface area contributed by atoms with Gasteiger partial charge < -0.3 is 4.74 Å². The zero-order valence-electron chi connectivity index (χ0n) is 10.2. The first kappa shape index (κ1) is 13.4. The minimum absolute atomic E-state index is 0.104. The van der Waals surface area contributed by atoms with Gasteiger partial charge in [-0.15, -0.1) is 0 Å². The van der Waals surface area contributed by atoms with Gasteiger partial charge in [-0.05, 0) is 13.0 Å². The lowest BCUT2D eigenvalue weighted by Gasteiger charge is -2.05. The molecule has 1 heterocycles. The molecule has 0 bridgehead atoms. The monoisotopic (exact) mass is 281 g/mol. The molecule has 0 aliphatic carbocycles. The Bertz CT molecular complexity index is 598. The maximum absolute atomic E-state index is 10.9. The van der Waals surface area contributed by atoms with Gasteiger partial charge in [0, 0.05) is 35.5 Å². The molecule has 0 saturated carbocycles. The summed E-state index contributed by atoms with van der Waals surface area (Å²) in [7, 11) is 0. The van der Waals surface area contributed by atoms with E-state index in [1.165, 1.54) is 18.2 Å². The van der Waals surface area contributed by atoms with E-state index >= 15 is 0 Å². The number of aryl methyl sites for hydroxylation is 1.